The van der Waals surface area contributed by atoms with Crippen LogP contribution in [0.3, 0.4) is 0 Å². The highest BCUT2D eigenvalue weighted by Crippen LogP contribution is 2.21. The molecule has 0 bridgehead atoms. The zero-order chi connectivity index (χ0) is 24.1. The Bertz CT molecular complexity index is 1360. The van der Waals surface area contributed by atoms with Crippen LogP contribution in [0.25, 0.3) is 10.9 Å². The van der Waals surface area contributed by atoms with Gasteiger partial charge in [-0.05, 0) is 42.0 Å². The highest BCUT2D eigenvalue weighted by Gasteiger charge is 2.24. The number of nitrogens with one attached hydrogen (secondary N) is 3. The molecule has 4 aromatic rings. The lowest BCUT2D eigenvalue weighted by atomic mass is 10.0. The molecule has 0 saturated carbocycles. The molecule has 34 heavy (non-hydrogen) atoms. The summed E-state index contributed by atoms with van der Waals surface area (Å²) in [6.07, 6.45) is 2.06. The predicted molar refractivity (Wildman–Crippen MR) is 131 cm³/mol. The molecule has 8 heteroatoms. The van der Waals surface area contributed by atoms with E-state index in [1.54, 1.807) is 42.5 Å². The summed E-state index contributed by atoms with van der Waals surface area (Å²) >= 11 is 6.18. The Labute approximate surface area is 201 Å². The number of esters is 1. The number of benzene rings is 3. The Hall–Kier alpha value is -4.10. The molecule has 4 rings (SSSR count). The average Bonchev–Trinajstić information content (AvgIpc) is 3.26. The number of amides is 2. The van der Waals surface area contributed by atoms with Gasteiger partial charge in [-0.2, -0.15) is 0 Å². The second kappa shape index (κ2) is 10.2. The number of hydrogen-bond acceptors (Lipinski definition) is 4. The van der Waals surface area contributed by atoms with Gasteiger partial charge in [0.1, 0.15) is 6.04 Å². The van der Waals surface area contributed by atoms with E-state index in [9.17, 15) is 14.4 Å². The number of methoxy groups -OCH3 is 1. The number of carbonyl (C=O) groups is 3. The molecule has 0 aliphatic carbocycles. The molecule has 0 radical (unpaired) electrons. The maximum absolute atomic E-state index is 13.3. The first-order chi connectivity index (χ1) is 16.5. The van der Waals surface area contributed by atoms with E-state index in [1.807, 2.05) is 30.5 Å². The fourth-order valence-electron chi connectivity index (χ4n) is 3.68. The smallest absolute Gasteiger partial charge is 0.337 e. The van der Waals surface area contributed by atoms with Crippen molar-refractivity contribution in [2.24, 2.45) is 0 Å². The lowest BCUT2D eigenvalue weighted by Gasteiger charge is -2.19. The first-order valence-corrected chi connectivity index (χ1v) is 10.9. The Balaban J connectivity index is 1.61. The molecule has 7 nitrogen and oxygen atoms in total. The molecule has 3 N–H and O–H groups in total. The number of aromatic nitrogens is 1. The van der Waals surface area contributed by atoms with E-state index in [2.05, 4.69) is 15.6 Å². The number of fused-ring (bicyclic) bond motifs is 1. The lowest BCUT2D eigenvalue weighted by molar-refractivity contribution is -0.118. The molecule has 2 amide bonds. The molecule has 172 valence electrons. The first kappa shape index (κ1) is 23.1. The lowest BCUT2D eigenvalue weighted by Crippen LogP contribution is -2.45. The van der Waals surface area contributed by atoms with Gasteiger partial charge in [-0.15, -0.1) is 0 Å². The summed E-state index contributed by atoms with van der Waals surface area (Å²) in [5.41, 5.74) is 2.78. The summed E-state index contributed by atoms with van der Waals surface area (Å²) in [6, 6.07) is 19.8. The van der Waals surface area contributed by atoms with Crippen molar-refractivity contribution in [1.82, 2.24) is 10.3 Å². The molecule has 0 aliphatic heterocycles. The summed E-state index contributed by atoms with van der Waals surface area (Å²) in [5, 5.41) is 6.84. The first-order valence-electron chi connectivity index (χ1n) is 10.6. The number of para-hydroxylation sites is 1. The van der Waals surface area contributed by atoms with Crippen LogP contribution in [0.5, 0.6) is 0 Å². The largest absolute Gasteiger partial charge is 0.465 e. The van der Waals surface area contributed by atoms with Crippen LogP contribution in [0.4, 0.5) is 5.69 Å². The number of aromatic amines is 1. The van der Waals surface area contributed by atoms with Gasteiger partial charge in [-0.3, -0.25) is 9.59 Å². The van der Waals surface area contributed by atoms with Crippen molar-refractivity contribution in [2.45, 2.75) is 12.5 Å². The van der Waals surface area contributed by atoms with Crippen LogP contribution >= 0.6 is 11.6 Å². The third-order valence-electron chi connectivity index (χ3n) is 5.39. The van der Waals surface area contributed by atoms with Gasteiger partial charge in [-0.1, -0.05) is 48.0 Å². The van der Waals surface area contributed by atoms with Crippen LogP contribution in [0.1, 0.15) is 26.3 Å². The minimum absolute atomic E-state index is 0.239. The van der Waals surface area contributed by atoms with Crippen molar-refractivity contribution in [1.29, 1.82) is 0 Å². The predicted octanol–water partition coefficient (Wildman–Crippen LogP) is 4.59. The van der Waals surface area contributed by atoms with E-state index in [1.165, 1.54) is 13.2 Å². The summed E-state index contributed by atoms with van der Waals surface area (Å²) < 4.78 is 4.74. The van der Waals surface area contributed by atoms with Crippen molar-refractivity contribution in [3.63, 3.8) is 0 Å². The van der Waals surface area contributed by atoms with Crippen molar-refractivity contribution in [3.05, 3.63) is 101 Å². The zero-order valence-corrected chi connectivity index (χ0v) is 19.1. The summed E-state index contributed by atoms with van der Waals surface area (Å²) in [4.78, 5) is 41.3. The van der Waals surface area contributed by atoms with Gasteiger partial charge in [0.25, 0.3) is 5.91 Å². The SMILES string of the molecule is COC(=O)c1cccc(NC(=O)[C@H](Cc2c[nH]c3ccccc23)NC(=O)c2ccccc2Cl)c1. The van der Waals surface area contributed by atoms with E-state index in [-0.39, 0.29) is 17.0 Å². The van der Waals surface area contributed by atoms with Gasteiger partial charge >= 0.3 is 5.97 Å². The minimum atomic E-state index is -0.912. The molecular weight excluding hydrogens is 454 g/mol. The van der Waals surface area contributed by atoms with Gasteiger partial charge in [0, 0.05) is 29.2 Å². The topological polar surface area (TPSA) is 100 Å². The molecule has 3 aromatic carbocycles. The fourth-order valence-corrected chi connectivity index (χ4v) is 3.90. The molecular formula is C26H22ClN3O4. The second-order valence-corrected chi connectivity index (χ2v) is 8.04. The molecule has 0 aliphatic rings. The Morgan fingerprint density at radius 3 is 2.56 bits per heavy atom. The Kier molecular flexibility index (Phi) is 6.94. The number of ether oxygens (including phenoxy) is 1. The van der Waals surface area contributed by atoms with Gasteiger partial charge < -0.3 is 20.4 Å². The van der Waals surface area contributed by atoms with E-state index >= 15 is 0 Å². The zero-order valence-electron chi connectivity index (χ0n) is 18.3. The van der Waals surface area contributed by atoms with Crippen molar-refractivity contribution >= 4 is 46.0 Å². The third-order valence-corrected chi connectivity index (χ3v) is 5.72. The second-order valence-electron chi connectivity index (χ2n) is 7.63. The van der Waals surface area contributed by atoms with Crippen LogP contribution in [-0.2, 0) is 16.0 Å². The molecule has 0 saturated heterocycles. The van der Waals surface area contributed by atoms with E-state index < -0.39 is 23.8 Å². The molecule has 1 atom stereocenters. The van der Waals surface area contributed by atoms with Crippen LogP contribution in [0.15, 0.2) is 79.0 Å². The van der Waals surface area contributed by atoms with Gasteiger partial charge in [0.05, 0.1) is 23.3 Å². The normalized spacial score (nSPS) is 11.6. The minimum Gasteiger partial charge on any atom is -0.465 e. The Morgan fingerprint density at radius 2 is 1.76 bits per heavy atom. The van der Waals surface area contributed by atoms with E-state index in [0.717, 1.165) is 16.5 Å². The van der Waals surface area contributed by atoms with Crippen LogP contribution in [-0.4, -0.2) is 35.9 Å². The van der Waals surface area contributed by atoms with Gasteiger partial charge in [-0.25, -0.2) is 4.79 Å². The fraction of sp³-hybridized carbons (Fsp3) is 0.115. The number of carbonyl (C=O) groups excluding carboxylic acids is 3. The molecule has 0 fully saturated rings. The number of anilines is 1. The standard InChI is InChI=1S/C26H22ClN3O4/c1-34-26(33)16-7-6-8-18(13-16)29-25(32)23(30-24(31)20-10-2-4-11-21(20)27)14-17-15-28-22-12-5-3-9-19(17)22/h2-13,15,23,28H,14H2,1H3,(H,29,32)(H,30,31)/t23-/m0/s1. The summed E-state index contributed by atoms with van der Waals surface area (Å²) in [6.45, 7) is 0. The summed E-state index contributed by atoms with van der Waals surface area (Å²) in [5.74, 6) is -1.42. The van der Waals surface area contributed by atoms with Crippen molar-refractivity contribution < 1.29 is 19.1 Å². The number of H-pyrrole nitrogens is 1. The van der Waals surface area contributed by atoms with Crippen LogP contribution in [0, 0.1) is 0 Å². The molecule has 1 heterocycles. The number of hydrogen-bond donors (Lipinski definition) is 3. The monoisotopic (exact) mass is 475 g/mol. The maximum atomic E-state index is 13.3. The highest BCUT2D eigenvalue weighted by molar-refractivity contribution is 6.33. The molecule has 0 unspecified atom stereocenters. The van der Waals surface area contributed by atoms with E-state index in [0.29, 0.717) is 11.3 Å². The van der Waals surface area contributed by atoms with Crippen LogP contribution < -0.4 is 10.6 Å². The molecule has 1 aromatic heterocycles. The Morgan fingerprint density at radius 1 is 1.00 bits per heavy atom. The van der Waals surface area contributed by atoms with Crippen molar-refractivity contribution in [2.75, 3.05) is 12.4 Å². The third kappa shape index (κ3) is 5.10. The van der Waals surface area contributed by atoms with Gasteiger partial charge in [0.15, 0.2) is 0 Å². The van der Waals surface area contributed by atoms with E-state index in [4.69, 9.17) is 16.3 Å². The number of halogens is 1. The van der Waals surface area contributed by atoms with Gasteiger partial charge in [0.2, 0.25) is 5.91 Å². The molecule has 0 spiro atoms. The highest BCUT2D eigenvalue weighted by atomic mass is 35.5. The van der Waals surface area contributed by atoms with Crippen molar-refractivity contribution in [3.8, 4) is 0 Å². The average molecular weight is 476 g/mol. The maximum Gasteiger partial charge on any atom is 0.337 e. The number of rotatable bonds is 7. The van der Waals surface area contributed by atoms with Crippen LogP contribution in [0.2, 0.25) is 5.02 Å². The summed E-state index contributed by atoms with van der Waals surface area (Å²) in [7, 11) is 1.29. The quantitative estimate of drug-likeness (QED) is 0.340.